The zero-order chi connectivity index (χ0) is 15.6. The summed E-state index contributed by atoms with van der Waals surface area (Å²) in [6.45, 7) is 7.55. The van der Waals surface area contributed by atoms with Crippen molar-refractivity contribution in [1.82, 2.24) is 9.78 Å². The van der Waals surface area contributed by atoms with Crippen molar-refractivity contribution in [3.05, 3.63) is 41.6 Å². The number of alkyl halides is 1. The van der Waals surface area contributed by atoms with Crippen molar-refractivity contribution in [2.24, 2.45) is 5.41 Å². The first kappa shape index (κ1) is 15.6. The molecular formula is C16H20ClN3O. The maximum atomic E-state index is 12.3. The Labute approximate surface area is 130 Å². The van der Waals surface area contributed by atoms with Crippen LogP contribution in [0.15, 0.2) is 30.3 Å². The molecular weight excluding hydrogens is 286 g/mol. The van der Waals surface area contributed by atoms with Gasteiger partial charge in [-0.3, -0.25) is 4.79 Å². The van der Waals surface area contributed by atoms with Crippen LogP contribution in [0.1, 0.15) is 25.1 Å². The maximum Gasteiger partial charge on any atom is 0.232 e. The molecule has 21 heavy (non-hydrogen) atoms. The summed E-state index contributed by atoms with van der Waals surface area (Å²) in [7, 11) is 0. The Hall–Kier alpha value is -1.81. The molecule has 2 rings (SSSR count). The van der Waals surface area contributed by atoms with Gasteiger partial charge in [0.25, 0.3) is 0 Å². The normalized spacial score (nSPS) is 11.5. The number of amides is 1. The van der Waals surface area contributed by atoms with E-state index in [1.807, 2.05) is 58.0 Å². The van der Waals surface area contributed by atoms with E-state index in [2.05, 4.69) is 10.4 Å². The number of aromatic nitrogens is 2. The van der Waals surface area contributed by atoms with Gasteiger partial charge in [-0.15, -0.1) is 11.6 Å². The zero-order valence-electron chi connectivity index (χ0n) is 12.8. The minimum Gasteiger partial charge on any atom is -0.310 e. The Morgan fingerprint density at radius 2 is 2.00 bits per heavy atom. The van der Waals surface area contributed by atoms with Gasteiger partial charge in [-0.1, -0.05) is 18.2 Å². The van der Waals surface area contributed by atoms with Gasteiger partial charge in [-0.05, 0) is 39.3 Å². The Balaban J connectivity index is 2.39. The second-order valence-corrected chi connectivity index (χ2v) is 6.11. The van der Waals surface area contributed by atoms with E-state index in [9.17, 15) is 4.79 Å². The fourth-order valence-corrected chi connectivity index (χ4v) is 2.04. The quantitative estimate of drug-likeness (QED) is 0.876. The summed E-state index contributed by atoms with van der Waals surface area (Å²) >= 11 is 5.86. The summed E-state index contributed by atoms with van der Waals surface area (Å²) in [5.74, 6) is 0.799. The van der Waals surface area contributed by atoms with E-state index in [-0.39, 0.29) is 11.8 Å². The predicted octanol–water partition coefficient (Wildman–Crippen LogP) is 3.69. The predicted molar refractivity (Wildman–Crippen MR) is 86.2 cm³/mol. The molecule has 0 unspecified atom stereocenters. The third kappa shape index (κ3) is 3.27. The molecule has 0 saturated carbocycles. The van der Waals surface area contributed by atoms with Crippen molar-refractivity contribution in [2.75, 3.05) is 11.2 Å². The fraction of sp³-hybridized carbons (Fsp3) is 0.375. The third-order valence-electron chi connectivity index (χ3n) is 3.37. The van der Waals surface area contributed by atoms with E-state index in [1.165, 1.54) is 0 Å². The monoisotopic (exact) mass is 305 g/mol. The van der Waals surface area contributed by atoms with Gasteiger partial charge in [0.2, 0.25) is 5.91 Å². The first-order chi connectivity index (χ1) is 9.85. The maximum absolute atomic E-state index is 12.3. The summed E-state index contributed by atoms with van der Waals surface area (Å²) in [4.78, 5) is 12.3. The van der Waals surface area contributed by atoms with Crippen LogP contribution in [0.25, 0.3) is 5.69 Å². The second-order valence-electron chi connectivity index (χ2n) is 5.84. The molecule has 1 N–H and O–H groups in total. The van der Waals surface area contributed by atoms with Crippen LogP contribution in [0.5, 0.6) is 0 Å². The molecule has 0 aliphatic rings. The van der Waals surface area contributed by atoms with Crippen molar-refractivity contribution in [3.8, 4) is 5.69 Å². The highest BCUT2D eigenvalue weighted by molar-refractivity contribution is 6.20. The molecule has 0 spiro atoms. The van der Waals surface area contributed by atoms with Crippen molar-refractivity contribution >= 4 is 23.3 Å². The molecule has 0 bridgehead atoms. The molecule has 0 aliphatic carbocycles. The number of rotatable bonds is 4. The first-order valence-electron chi connectivity index (χ1n) is 6.85. The highest BCUT2D eigenvalue weighted by Crippen LogP contribution is 2.23. The van der Waals surface area contributed by atoms with Gasteiger partial charge in [0.1, 0.15) is 5.82 Å². The van der Waals surface area contributed by atoms with E-state index in [0.717, 1.165) is 16.9 Å². The van der Waals surface area contributed by atoms with E-state index < -0.39 is 5.41 Å². The number of aryl methyl sites for hydroxylation is 2. The molecule has 0 saturated heterocycles. The number of para-hydroxylation sites is 1. The SMILES string of the molecule is Cc1cc(NC(=O)C(C)(C)CCl)n(-c2ccccc2C)n1. The number of nitrogens with zero attached hydrogens (tertiary/aromatic N) is 2. The lowest BCUT2D eigenvalue weighted by molar-refractivity contribution is -0.123. The summed E-state index contributed by atoms with van der Waals surface area (Å²) in [5.41, 5.74) is 2.26. The van der Waals surface area contributed by atoms with Crippen molar-refractivity contribution in [2.45, 2.75) is 27.7 Å². The lowest BCUT2D eigenvalue weighted by Crippen LogP contribution is -2.33. The molecule has 1 heterocycles. The van der Waals surface area contributed by atoms with Gasteiger partial charge in [-0.2, -0.15) is 5.10 Å². The molecule has 1 aromatic heterocycles. The zero-order valence-corrected chi connectivity index (χ0v) is 13.5. The van der Waals surface area contributed by atoms with Crippen LogP contribution in [0.4, 0.5) is 5.82 Å². The van der Waals surface area contributed by atoms with Gasteiger partial charge in [0.15, 0.2) is 0 Å². The van der Waals surface area contributed by atoms with E-state index in [0.29, 0.717) is 5.82 Å². The average Bonchev–Trinajstić information content (AvgIpc) is 2.80. The number of anilines is 1. The smallest absolute Gasteiger partial charge is 0.232 e. The largest absolute Gasteiger partial charge is 0.310 e. The van der Waals surface area contributed by atoms with E-state index in [1.54, 1.807) is 4.68 Å². The first-order valence-corrected chi connectivity index (χ1v) is 7.38. The fourth-order valence-electron chi connectivity index (χ4n) is 1.92. The third-order valence-corrected chi connectivity index (χ3v) is 4.03. The number of hydrogen-bond acceptors (Lipinski definition) is 2. The number of nitrogens with one attached hydrogen (secondary N) is 1. The lowest BCUT2D eigenvalue weighted by atomic mass is 9.95. The Morgan fingerprint density at radius 1 is 1.33 bits per heavy atom. The number of benzene rings is 1. The van der Waals surface area contributed by atoms with Crippen LogP contribution < -0.4 is 5.32 Å². The Bertz CT molecular complexity index is 661. The van der Waals surface area contributed by atoms with Crippen molar-refractivity contribution < 1.29 is 4.79 Å². The van der Waals surface area contributed by atoms with Gasteiger partial charge < -0.3 is 5.32 Å². The molecule has 1 aromatic carbocycles. The Kier molecular flexibility index (Phi) is 4.37. The van der Waals surface area contributed by atoms with Crippen LogP contribution in [0, 0.1) is 19.3 Å². The molecule has 0 atom stereocenters. The summed E-state index contributed by atoms with van der Waals surface area (Å²) in [6, 6.07) is 9.77. The minimum absolute atomic E-state index is 0.118. The van der Waals surface area contributed by atoms with Gasteiger partial charge in [0, 0.05) is 11.9 Å². The topological polar surface area (TPSA) is 46.9 Å². The van der Waals surface area contributed by atoms with E-state index >= 15 is 0 Å². The molecule has 5 heteroatoms. The van der Waals surface area contributed by atoms with Gasteiger partial charge >= 0.3 is 0 Å². The molecule has 2 aromatic rings. The van der Waals surface area contributed by atoms with Crippen LogP contribution in [0.2, 0.25) is 0 Å². The number of halogens is 1. The van der Waals surface area contributed by atoms with Crippen LogP contribution in [-0.4, -0.2) is 21.6 Å². The van der Waals surface area contributed by atoms with Crippen LogP contribution >= 0.6 is 11.6 Å². The van der Waals surface area contributed by atoms with Crippen LogP contribution in [-0.2, 0) is 4.79 Å². The molecule has 1 amide bonds. The number of carbonyl (C=O) groups is 1. The highest BCUT2D eigenvalue weighted by Gasteiger charge is 2.27. The van der Waals surface area contributed by atoms with Crippen molar-refractivity contribution in [3.63, 3.8) is 0 Å². The highest BCUT2D eigenvalue weighted by atomic mass is 35.5. The van der Waals surface area contributed by atoms with E-state index in [4.69, 9.17) is 11.6 Å². The molecule has 0 aliphatic heterocycles. The van der Waals surface area contributed by atoms with Crippen LogP contribution in [0.3, 0.4) is 0 Å². The number of carbonyl (C=O) groups excluding carboxylic acids is 1. The summed E-state index contributed by atoms with van der Waals surface area (Å²) in [5, 5.41) is 7.40. The number of hydrogen-bond donors (Lipinski definition) is 1. The molecule has 4 nitrogen and oxygen atoms in total. The van der Waals surface area contributed by atoms with Gasteiger partial charge in [0.05, 0.1) is 16.8 Å². The molecule has 0 fully saturated rings. The van der Waals surface area contributed by atoms with Crippen molar-refractivity contribution in [1.29, 1.82) is 0 Å². The molecule has 112 valence electrons. The summed E-state index contributed by atoms with van der Waals surface area (Å²) in [6.07, 6.45) is 0. The summed E-state index contributed by atoms with van der Waals surface area (Å²) < 4.78 is 1.76. The standard InChI is InChI=1S/C16H20ClN3O/c1-11-7-5-6-8-13(11)20-14(9-12(2)19-20)18-15(21)16(3,4)10-17/h5-9H,10H2,1-4H3,(H,18,21). The van der Waals surface area contributed by atoms with Gasteiger partial charge in [-0.25, -0.2) is 4.68 Å². The average molecular weight is 306 g/mol. The molecule has 0 radical (unpaired) electrons. The minimum atomic E-state index is -0.629. The second kappa shape index (κ2) is 5.90. The lowest BCUT2D eigenvalue weighted by Gasteiger charge is -2.20. The Morgan fingerprint density at radius 3 is 2.62 bits per heavy atom.